The standard InChI is InChI=1S/C12H10Cl2O/c13-11-3-1-9(2-4-11)7-12(14)10-5-6-15-8-10/h1-6,8,12H,7H2. The van der Waals surface area contributed by atoms with E-state index in [0.29, 0.717) is 0 Å². The maximum atomic E-state index is 6.23. The summed E-state index contributed by atoms with van der Waals surface area (Å²) in [5, 5.41) is 0.693. The van der Waals surface area contributed by atoms with E-state index in [4.69, 9.17) is 27.6 Å². The third-order valence-corrected chi connectivity index (χ3v) is 2.89. The molecule has 2 rings (SSSR count). The van der Waals surface area contributed by atoms with Gasteiger partial charge in [0.1, 0.15) is 0 Å². The van der Waals surface area contributed by atoms with Gasteiger partial charge in [0.15, 0.2) is 0 Å². The van der Waals surface area contributed by atoms with Crippen molar-refractivity contribution in [3.63, 3.8) is 0 Å². The second kappa shape index (κ2) is 4.73. The van der Waals surface area contributed by atoms with Gasteiger partial charge in [0.25, 0.3) is 0 Å². The average Bonchev–Trinajstić information content (AvgIpc) is 2.74. The second-order valence-electron chi connectivity index (χ2n) is 3.35. The highest BCUT2D eigenvalue weighted by molar-refractivity contribution is 6.30. The molecule has 1 atom stereocenters. The van der Waals surface area contributed by atoms with Crippen molar-refractivity contribution in [3.8, 4) is 0 Å². The molecule has 1 aromatic carbocycles. The lowest BCUT2D eigenvalue weighted by Crippen LogP contribution is -1.93. The van der Waals surface area contributed by atoms with Crippen LogP contribution in [-0.2, 0) is 6.42 Å². The van der Waals surface area contributed by atoms with Crippen LogP contribution in [0.2, 0.25) is 5.02 Å². The minimum Gasteiger partial charge on any atom is -0.472 e. The third-order valence-electron chi connectivity index (χ3n) is 2.23. The second-order valence-corrected chi connectivity index (χ2v) is 4.32. The van der Waals surface area contributed by atoms with Gasteiger partial charge in [0.05, 0.1) is 17.9 Å². The van der Waals surface area contributed by atoms with Crippen molar-refractivity contribution in [2.75, 3.05) is 0 Å². The molecule has 0 saturated carbocycles. The van der Waals surface area contributed by atoms with Crippen LogP contribution in [0.1, 0.15) is 16.5 Å². The molecule has 0 spiro atoms. The van der Waals surface area contributed by atoms with Crippen LogP contribution in [-0.4, -0.2) is 0 Å². The fourth-order valence-electron chi connectivity index (χ4n) is 1.40. The zero-order chi connectivity index (χ0) is 10.7. The highest BCUT2D eigenvalue weighted by Crippen LogP contribution is 2.25. The van der Waals surface area contributed by atoms with E-state index < -0.39 is 0 Å². The molecule has 1 aromatic heterocycles. The summed E-state index contributed by atoms with van der Waals surface area (Å²) in [5.41, 5.74) is 2.17. The van der Waals surface area contributed by atoms with E-state index in [1.807, 2.05) is 30.3 Å². The molecule has 0 bridgehead atoms. The molecule has 0 radical (unpaired) electrons. The minimum absolute atomic E-state index is 0.0510. The Kier molecular flexibility index (Phi) is 3.34. The summed E-state index contributed by atoms with van der Waals surface area (Å²) in [7, 11) is 0. The van der Waals surface area contributed by atoms with Gasteiger partial charge in [-0.05, 0) is 30.2 Å². The Morgan fingerprint density at radius 2 is 1.87 bits per heavy atom. The Hall–Kier alpha value is -0.920. The largest absolute Gasteiger partial charge is 0.472 e. The molecule has 78 valence electrons. The maximum Gasteiger partial charge on any atom is 0.0949 e. The van der Waals surface area contributed by atoms with E-state index in [9.17, 15) is 0 Å². The van der Waals surface area contributed by atoms with Gasteiger partial charge in [-0.25, -0.2) is 0 Å². The molecule has 0 N–H and O–H groups in total. The van der Waals surface area contributed by atoms with Crippen LogP contribution in [0.3, 0.4) is 0 Å². The number of hydrogen-bond donors (Lipinski definition) is 0. The van der Waals surface area contributed by atoms with Crippen molar-refractivity contribution in [1.82, 2.24) is 0 Å². The molecule has 2 aromatic rings. The molecular weight excluding hydrogens is 231 g/mol. The zero-order valence-corrected chi connectivity index (χ0v) is 9.50. The topological polar surface area (TPSA) is 13.1 Å². The van der Waals surface area contributed by atoms with Crippen molar-refractivity contribution in [3.05, 3.63) is 59.0 Å². The summed E-state index contributed by atoms with van der Waals surface area (Å²) in [4.78, 5) is 0. The smallest absolute Gasteiger partial charge is 0.0949 e. The van der Waals surface area contributed by atoms with Crippen LogP contribution < -0.4 is 0 Å². The predicted octanol–water partition coefficient (Wildman–Crippen LogP) is 4.46. The van der Waals surface area contributed by atoms with Gasteiger partial charge in [-0.1, -0.05) is 23.7 Å². The van der Waals surface area contributed by atoms with E-state index in [0.717, 1.165) is 17.0 Å². The van der Waals surface area contributed by atoms with Crippen molar-refractivity contribution >= 4 is 23.2 Å². The zero-order valence-electron chi connectivity index (χ0n) is 7.99. The maximum absolute atomic E-state index is 6.23. The summed E-state index contributed by atoms with van der Waals surface area (Å²) >= 11 is 12.0. The summed E-state index contributed by atoms with van der Waals surface area (Å²) in [6.07, 6.45) is 4.08. The summed E-state index contributed by atoms with van der Waals surface area (Å²) in [6.45, 7) is 0. The van der Waals surface area contributed by atoms with Gasteiger partial charge in [-0.15, -0.1) is 11.6 Å². The van der Waals surface area contributed by atoms with Crippen molar-refractivity contribution in [1.29, 1.82) is 0 Å². The summed E-state index contributed by atoms with van der Waals surface area (Å²) in [5.74, 6) is 0. The molecule has 1 nitrogen and oxygen atoms in total. The fraction of sp³-hybridized carbons (Fsp3) is 0.167. The van der Waals surface area contributed by atoms with Crippen molar-refractivity contribution in [2.45, 2.75) is 11.8 Å². The number of halogens is 2. The van der Waals surface area contributed by atoms with E-state index in [1.54, 1.807) is 12.5 Å². The lowest BCUT2D eigenvalue weighted by atomic mass is 10.1. The number of alkyl halides is 1. The molecule has 15 heavy (non-hydrogen) atoms. The van der Waals surface area contributed by atoms with Gasteiger partial charge in [-0.2, -0.15) is 0 Å². The van der Waals surface area contributed by atoms with Crippen LogP contribution in [0.4, 0.5) is 0 Å². The number of benzene rings is 1. The van der Waals surface area contributed by atoms with Crippen molar-refractivity contribution in [2.24, 2.45) is 0 Å². The van der Waals surface area contributed by atoms with Gasteiger partial charge < -0.3 is 4.42 Å². The van der Waals surface area contributed by atoms with Crippen LogP contribution in [0.25, 0.3) is 0 Å². The molecule has 0 aliphatic carbocycles. The number of furan rings is 1. The quantitative estimate of drug-likeness (QED) is 0.723. The van der Waals surface area contributed by atoms with Gasteiger partial charge >= 0.3 is 0 Å². The van der Waals surface area contributed by atoms with Gasteiger partial charge in [0, 0.05) is 10.6 Å². The van der Waals surface area contributed by atoms with Crippen LogP contribution in [0.5, 0.6) is 0 Å². The highest BCUT2D eigenvalue weighted by atomic mass is 35.5. The molecular formula is C12H10Cl2O. The molecule has 0 amide bonds. The lowest BCUT2D eigenvalue weighted by molar-refractivity contribution is 0.563. The fourth-order valence-corrected chi connectivity index (χ4v) is 1.83. The van der Waals surface area contributed by atoms with E-state index in [1.165, 1.54) is 5.56 Å². The number of hydrogen-bond acceptors (Lipinski definition) is 1. The Balaban J connectivity index is 2.06. The first-order valence-corrected chi connectivity index (χ1v) is 5.48. The van der Waals surface area contributed by atoms with E-state index >= 15 is 0 Å². The Labute approximate surface area is 98.6 Å². The van der Waals surface area contributed by atoms with Crippen LogP contribution >= 0.6 is 23.2 Å². The molecule has 0 fully saturated rings. The van der Waals surface area contributed by atoms with Gasteiger partial charge in [-0.3, -0.25) is 0 Å². The first kappa shape index (κ1) is 10.6. The molecule has 0 aliphatic rings. The highest BCUT2D eigenvalue weighted by Gasteiger charge is 2.09. The molecule has 3 heteroatoms. The first-order chi connectivity index (χ1) is 7.25. The van der Waals surface area contributed by atoms with Crippen LogP contribution in [0, 0.1) is 0 Å². The minimum atomic E-state index is -0.0510. The third kappa shape index (κ3) is 2.77. The Bertz CT molecular complexity index is 406. The molecule has 0 saturated heterocycles. The summed E-state index contributed by atoms with van der Waals surface area (Å²) in [6, 6.07) is 9.59. The Morgan fingerprint density at radius 3 is 2.47 bits per heavy atom. The number of rotatable bonds is 3. The van der Waals surface area contributed by atoms with E-state index in [2.05, 4.69) is 0 Å². The average molecular weight is 241 g/mol. The Morgan fingerprint density at radius 1 is 1.13 bits per heavy atom. The predicted molar refractivity (Wildman–Crippen MR) is 62.5 cm³/mol. The van der Waals surface area contributed by atoms with Crippen molar-refractivity contribution < 1.29 is 4.42 Å². The van der Waals surface area contributed by atoms with Gasteiger partial charge in [0.2, 0.25) is 0 Å². The molecule has 1 heterocycles. The molecule has 1 unspecified atom stereocenters. The summed E-state index contributed by atoms with van der Waals surface area (Å²) < 4.78 is 4.99. The lowest BCUT2D eigenvalue weighted by Gasteiger charge is -2.06. The van der Waals surface area contributed by atoms with Crippen LogP contribution in [0.15, 0.2) is 47.3 Å². The SMILES string of the molecule is Clc1ccc(CC(Cl)c2ccoc2)cc1. The normalized spacial score (nSPS) is 12.7. The van der Waals surface area contributed by atoms with E-state index in [-0.39, 0.29) is 5.38 Å². The first-order valence-electron chi connectivity index (χ1n) is 4.66. The molecule has 0 aliphatic heterocycles. The monoisotopic (exact) mass is 240 g/mol.